The van der Waals surface area contributed by atoms with Crippen LogP contribution in [0.5, 0.6) is 0 Å². The van der Waals surface area contributed by atoms with E-state index in [4.69, 9.17) is 0 Å². The van der Waals surface area contributed by atoms with Gasteiger partial charge in [0.2, 0.25) is 0 Å². The minimum Gasteiger partial charge on any atom is -0.0858 e. The molecule has 94 valence electrons. The smallest absolute Gasteiger partial charge is 0.0858 e. The summed E-state index contributed by atoms with van der Waals surface area (Å²) in [4.78, 5) is 0. The highest BCUT2D eigenvalue weighted by atomic mass is 14.5. The topological polar surface area (TPSA) is 0 Å². The fourth-order valence-electron chi connectivity index (χ4n) is 4.65. The van der Waals surface area contributed by atoms with Crippen molar-refractivity contribution in [3.63, 3.8) is 0 Å². The van der Waals surface area contributed by atoms with E-state index in [1.165, 1.54) is 38.5 Å². The molecular weight excluding hydrogens is 191 g/mol. The third-order valence-electron chi connectivity index (χ3n) is 5.67. The zero-order chi connectivity index (χ0) is 12.4. The van der Waals surface area contributed by atoms with Gasteiger partial charge in [0.05, 0.1) is 0 Å². The Hall–Kier alpha value is 0.0649. The van der Waals surface area contributed by atoms with Crippen LogP contribution >= 0.6 is 0 Å². The van der Waals surface area contributed by atoms with Gasteiger partial charge in [0.25, 0.3) is 0 Å². The first-order valence-corrected chi connectivity index (χ1v) is 7.38. The lowest BCUT2D eigenvalue weighted by Gasteiger charge is -2.53. The van der Waals surface area contributed by atoms with Gasteiger partial charge in [-0.3, -0.25) is 0 Å². The molecule has 0 aromatic rings. The van der Waals surface area contributed by atoms with E-state index >= 15 is 0 Å². The Labute approximate surface area is 104 Å². The maximum atomic E-state index is 2.53. The second kappa shape index (κ2) is 5.15. The first-order valence-electron chi connectivity index (χ1n) is 7.38. The van der Waals surface area contributed by atoms with Crippen LogP contribution in [0, 0.1) is 11.3 Å². The number of hydrogen-bond donors (Lipinski definition) is 0. The fourth-order valence-corrected chi connectivity index (χ4v) is 4.65. The first-order chi connectivity index (χ1) is 7.38. The Balaban J connectivity index is 3.12. The van der Waals surface area contributed by atoms with Gasteiger partial charge in [-0.15, -0.1) is 0 Å². The molecule has 0 radical (unpaired) electrons. The van der Waals surface area contributed by atoms with Crippen molar-refractivity contribution < 1.29 is 0 Å². The van der Waals surface area contributed by atoms with Crippen LogP contribution in [0.25, 0.3) is 0 Å². The van der Waals surface area contributed by atoms with E-state index in [1.807, 2.05) is 0 Å². The van der Waals surface area contributed by atoms with Crippen LogP contribution in [0.4, 0.5) is 0 Å². The summed E-state index contributed by atoms with van der Waals surface area (Å²) in [6.07, 6.45) is 8.56. The van der Waals surface area contributed by atoms with E-state index in [0.29, 0.717) is 10.7 Å². The normalized spacial score (nSPS) is 31.9. The fraction of sp³-hybridized carbons (Fsp3) is 1.00. The van der Waals surface area contributed by atoms with Crippen molar-refractivity contribution in [3.8, 4) is 0 Å². The molecule has 0 heterocycles. The largest absolute Gasteiger partial charge is 0.141 e. The molecule has 2 atom stereocenters. The summed E-state index contributed by atoms with van der Waals surface area (Å²) in [6.45, 7) is 15.7. The molecule has 0 saturated heterocycles. The zero-order valence-corrected chi connectivity index (χ0v) is 12.4. The molecule has 0 bridgehead atoms. The number of hydrogen-bond acceptors (Lipinski definition) is 0. The molecule has 1 fully saturated rings. The second-order valence-electron chi connectivity index (χ2n) is 6.95. The van der Waals surface area contributed by atoms with Crippen molar-refractivity contribution in [2.24, 2.45) is 11.3 Å². The molecule has 1 heteroatoms. The summed E-state index contributed by atoms with van der Waals surface area (Å²) < 4.78 is 0. The molecule has 0 aromatic carbocycles. The predicted octanol–water partition coefficient (Wildman–Crippen LogP) is 5.52. The summed E-state index contributed by atoms with van der Waals surface area (Å²) >= 11 is 0. The maximum absolute atomic E-state index is 2.53. The van der Waals surface area contributed by atoms with Gasteiger partial charge in [0, 0.05) is 0 Å². The summed E-state index contributed by atoms with van der Waals surface area (Å²) in [5.41, 5.74) is 0.521. The van der Waals surface area contributed by atoms with E-state index in [9.17, 15) is 0 Å². The molecule has 1 rings (SSSR count). The van der Waals surface area contributed by atoms with Crippen LogP contribution < -0.4 is 0 Å². The van der Waals surface area contributed by atoms with Gasteiger partial charge in [0.1, 0.15) is 6.71 Å². The van der Waals surface area contributed by atoms with Crippen LogP contribution in [0.2, 0.25) is 19.0 Å². The lowest BCUT2D eigenvalue weighted by Crippen LogP contribution is -2.44. The van der Waals surface area contributed by atoms with Gasteiger partial charge >= 0.3 is 0 Å². The summed E-state index contributed by atoms with van der Waals surface area (Å²) in [5.74, 6) is 0.862. The van der Waals surface area contributed by atoms with E-state index in [0.717, 1.165) is 12.6 Å². The molecule has 0 amide bonds. The Morgan fingerprint density at radius 2 is 1.62 bits per heavy atom. The lowest BCUT2D eigenvalue weighted by atomic mass is 9.26. The van der Waals surface area contributed by atoms with Crippen LogP contribution in [-0.2, 0) is 0 Å². The summed E-state index contributed by atoms with van der Waals surface area (Å²) in [6, 6.07) is 0. The van der Waals surface area contributed by atoms with Gasteiger partial charge in [-0.1, -0.05) is 73.4 Å². The number of rotatable bonds is 3. The Morgan fingerprint density at radius 1 is 1.06 bits per heavy atom. The summed E-state index contributed by atoms with van der Waals surface area (Å²) in [5, 5.41) is 0.568. The van der Waals surface area contributed by atoms with Crippen molar-refractivity contribution >= 4 is 6.71 Å². The van der Waals surface area contributed by atoms with Crippen molar-refractivity contribution in [1.82, 2.24) is 0 Å². The first kappa shape index (κ1) is 14.1. The van der Waals surface area contributed by atoms with Gasteiger partial charge in [-0.25, -0.2) is 0 Å². The molecule has 1 aliphatic carbocycles. The van der Waals surface area contributed by atoms with Crippen LogP contribution in [0.15, 0.2) is 0 Å². The SMILES string of the molecule is CCC(C)C1(B(C)C)CCCCCC1(C)C. The van der Waals surface area contributed by atoms with E-state index in [-0.39, 0.29) is 0 Å². The van der Waals surface area contributed by atoms with E-state index < -0.39 is 0 Å². The minimum atomic E-state index is 0.521. The van der Waals surface area contributed by atoms with Crippen molar-refractivity contribution in [2.45, 2.75) is 85.2 Å². The van der Waals surface area contributed by atoms with Crippen LogP contribution in [0.1, 0.15) is 66.2 Å². The average Bonchev–Trinajstić information content (AvgIpc) is 2.36. The minimum absolute atomic E-state index is 0.521. The predicted molar refractivity (Wildman–Crippen MR) is 76.5 cm³/mol. The third-order valence-corrected chi connectivity index (χ3v) is 5.67. The van der Waals surface area contributed by atoms with Gasteiger partial charge in [-0.05, 0) is 23.1 Å². The molecule has 0 spiro atoms. The Bertz CT molecular complexity index is 219. The van der Waals surface area contributed by atoms with Crippen molar-refractivity contribution in [1.29, 1.82) is 0 Å². The third kappa shape index (κ3) is 2.20. The highest BCUT2D eigenvalue weighted by molar-refractivity contribution is 6.59. The monoisotopic (exact) mass is 222 g/mol. The lowest BCUT2D eigenvalue weighted by molar-refractivity contribution is 0.146. The molecule has 0 aliphatic heterocycles. The molecule has 0 nitrogen and oxygen atoms in total. The summed E-state index contributed by atoms with van der Waals surface area (Å²) in [7, 11) is 0. The highest BCUT2D eigenvalue weighted by Gasteiger charge is 2.50. The molecule has 16 heavy (non-hydrogen) atoms. The van der Waals surface area contributed by atoms with E-state index in [2.05, 4.69) is 41.3 Å². The van der Waals surface area contributed by atoms with Crippen molar-refractivity contribution in [3.05, 3.63) is 0 Å². The molecular formula is C15H31B. The highest BCUT2D eigenvalue weighted by Crippen LogP contribution is 2.61. The van der Waals surface area contributed by atoms with Gasteiger partial charge in [0.15, 0.2) is 0 Å². The van der Waals surface area contributed by atoms with Crippen LogP contribution in [-0.4, -0.2) is 6.71 Å². The quantitative estimate of drug-likeness (QED) is 0.435. The van der Waals surface area contributed by atoms with Gasteiger partial charge < -0.3 is 0 Å². The molecule has 2 unspecified atom stereocenters. The van der Waals surface area contributed by atoms with Crippen LogP contribution in [0.3, 0.4) is 0 Å². The maximum Gasteiger partial charge on any atom is 0.141 e. The molecule has 0 N–H and O–H groups in total. The average molecular weight is 222 g/mol. The van der Waals surface area contributed by atoms with Crippen molar-refractivity contribution in [2.75, 3.05) is 0 Å². The second-order valence-corrected chi connectivity index (χ2v) is 6.95. The Morgan fingerprint density at radius 3 is 2.12 bits per heavy atom. The molecule has 0 aromatic heterocycles. The van der Waals surface area contributed by atoms with Gasteiger partial charge in [-0.2, -0.15) is 0 Å². The van der Waals surface area contributed by atoms with E-state index in [1.54, 1.807) is 0 Å². The molecule has 1 aliphatic rings. The molecule has 1 saturated carbocycles. The standard InChI is InChI=1S/C15H31B/c1-7-13(2)15(16(5)6)12-10-8-9-11-14(15,3)4/h13H,7-12H2,1-6H3. The Kier molecular flexibility index (Phi) is 4.54. The zero-order valence-electron chi connectivity index (χ0n) is 12.4.